The fourth-order valence-corrected chi connectivity index (χ4v) is 7.86. The largest absolute Gasteiger partial charge is 0.393 e. The lowest BCUT2D eigenvalue weighted by Crippen LogP contribution is -2.61. The van der Waals surface area contributed by atoms with Gasteiger partial charge in [0.25, 0.3) is 0 Å². The molecule has 2 aromatic heterocycles. The van der Waals surface area contributed by atoms with Crippen molar-refractivity contribution in [3.8, 4) is 0 Å². The number of likely N-dealkylation sites (tertiary alicyclic amines) is 1. The van der Waals surface area contributed by atoms with E-state index in [9.17, 15) is 21.6 Å². The van der Waals surface area contributed by atoms with Crippen LogP contribution >= 0.6 is 11.3 Å². The summed E-state index contributed by atoms with van der Waals surface area (Å²) in [4.78, 5) is 14.3. The van der Waals surface area contributed by atoms with Crippen molar-refractivity contribution in [2.45, 2.75) is 57.2 Å². The molecule has 0 radical (unpaired) electrons. The Morgan fingerprint density at radius 1 is 1.14 bits per heavy atom. The number of nitrogens with zero attached hydrogens (tertiary/aromatic N) is 4. The Bertz CT molecular complexity index is 1150. The Morgan fingerprint density at radius 2 is 1.83 bits per heavy atom. The molecular formula is C23H32F3N5O2S2. The van der Waals surface area contributed by atoms with Gasteiger partial charge < -0.3 is 9.80 Å². The summed E-state index contributed by atoms with van der Waals surface area (Å²) in [6.45, 7) is 4.97. The summed E-state index contributed by atoms with van der Waals surface area (Å²) >= 11 is 1.10. The van der Waals surface area contributed by atoms with Gasteiger partial charge in [-0.15, -0.1) is 11.3 Å². The Hall–Kier alpha value is -1.50. The average molecular weight is 532 g/mol. The van der Waals surface area contributed by atoms with Crippen molar-refractivity contribution in [1.29, 1.82) is 0 Å². The minimum absolute atomic E-state index is 0.0767. The molecule has 194 valence electrons. The molecule has 2 saturated heterocycles. The number of piperidine rings is 1. The van der Waals surface area contributed by atoms with Crippen LogP contribution in [0.3, 0.4) is 0 Å². The molecule has 2 aromatic rings. The molecule has 0 bridgehead atoms. The van der Waals surface area contributed by atoms with Crippen LogP contribution in [0, 0.1) is 11.3 Å². The van der Waals surface area contributed by atoms with E-state index in [2.05, 4.69) is 24.5 Å². The molecule has 1 aliphatic carbocycles. The molecule has 1 spiro atoms. The number of nitrogens with one attached hydrogen (secondary N) is 1. The first kappa shape index (κ1) is 25.2. The summed E-state index contributed by atoms with van der Waals surface area (Å²) in [6, 6.07) is 1.68. The van der Waals surface area contributed by atoms with Crippen molar-refractivity contribution in [3.05, 3.63) is 17.3 Å². The first-order chi connectivity index (χ1) is 16.5. The van der Waals surface area contributed by atoms with E-state index in [0.29, 0.717) is 10.7 Å². The van der Waals surface area contributed by atoms with Crippen molar-refractivity contribution in [3.63, 3.8) is 0 Å². The molecule has 7 nitrogen and oxygen atoms in total. The van der Waals surface area contributed by atoms with Crippen molar-refractivity contribution in [1.82, 2.24) is 19.6 Å². The standard InChI is InChI=1S/C23H32F3N5O2S2/c1-35(32,33)29-17-4-2-16(3-5-17)12-30-8-6-22(7-9-30)13-31(14-22)20-19-10-18(11-23(24,25)26)34-21(19)28-15-27-20/h10,15-17,29H,2-9,11-14H2,1H3/t16-,17-. The number of aromatic nitrogens is 2. The summed E-state index contributed by atoms with van der Waals surface area (Å²) in [7, 11) is -3.14. The molecule has 2 aliphatic heterocycles. The summed E-state index contributed by atoms with van der Waals surface area (Å²) in [6.07, 6.45) is 3.70. The lowest BCUT2D eigenvalue weighted by Gasteiger charge is -2.55. The van der Waals surface area contributed by atoms with E-state index in [1.54, 1.807) is 6.07 Å². The van der Waals surface area contributed by atoms with Gasteiger partial charge in [0.1, 0.15) is 17.0 Å². The second-order valence-electron chi connectivity index (χ2n) is 10.7. The fourth-order valence-electron chi connectivity index (χ4n) is 6.00. The van der Waals surface area contributed by atoms with Crippen molar-refractivity contribution in [2.75, 3.05) is 43.9 Å². The second kappa shape index (κ2) is 9.42. The summed E-state index contributed by atoms with van der Waals surface area (Å²) < 4.78 is 64.1. The van der Waals surface area contributed by atoms with E-state index < -0.39 is 22.6 Å². The Kier molecular flexibility index (Phi) is 6.77. The number of alkyl halides is 3. The average Bonchev–Trinajstić information content (AvgIpc) is 3.14. The lowest BCUT2D eigenvalue weighted by atomic mass is 9.71. The first-order valence-electron chi connectivity index (χ1n) is 12.2. The van der Waals surface area contributed by atoms with Gasteiger partial charge in [0.05, 0.1) is 18.1 Å². The third-order valence-electron chi connectivity index (χ3n) is 7.75. The zero-order chi connectivity index (χ0) is 24.8. The number of hydrogen-bond donors (Lipinski definition) is 1. The SMILES string of the molecule is CS(=O)(=O)N[C@H]1CC[C@H](CN2CCC3(CC2)CN(c2ncnc4sc(CC(F)(F)F)cc24)C3)CC1. The molecule has 4 heterocycles. The van der Waals surface area contributed by atoms with Crippen LogP contribution in [0.1, 0.15) is 43.4 Å². The zero-order valence-corrected chi connectivity index (χ0v) is 21.5. The fraction of sp³-hybridized carbons (Fsp3) is 0.739. The van der Waals surface area contributed by atoms with Crippen LogP contribution in [0.2, 0.25) is 0 Å². The number of fused-ring (bicyclic) bond motifs is 1. The third-order valence-corrected chi connectivity index (χ3v) is 9.55. The van der Waals surface area contributed by atoms with Gasteiger partial charge >= 0.3 is 6.18 Å². The number of halogens is 3. The lowest BCUT2D eigenvalue weighted by molar-refractivity contribution is -0.126. The van der Waals surface area contributed by atoms with Gasteiger partial charge in [-0.3, -0.25) is 0 Å². The van der Waals surface area contributed by atoms with E-state index in [-0.39, 0.29) is 16.3 Å². The predicted octanol–water partition coefficient (Wildman–Crippen LogP) is 3.81. The molecule has 0 unspecified atom stereocenters. The highest BCUT2D eigenvalue weighted by molar-refractivity contribution is 7.88. The second-order valence-corrected chi connectivity index (χ2v) is 13.6. The first-order valence-corrected chi connectivity index (χ1v) is 14.9. The van der Waals surface area contributed by atoms with Gasteiger partial charge in [0.2, 0.25) is 10.0 Å². The number of hydrogen-bond acceptors (Lipinski definition) is 7. The van der Waals surface area contributed by atoms with Gasteiger partial charge in [0.15, 0.2) is 0 Å². The van der Waals surface area contributed by atoms with Crippen molar-refractivity contribution >= 4 is 37.4 Å². The number of sulfonamides is 1. The summed E-state index contributed by atoms with van der Waals surface area (Å²) in [5.41, 5.74) is 0.260. The van der Waals surface area contributed by atoms with Crippen LogP contribution in [0.15, 0.2) is 12.4 Å². The highest BCUT2D eigenvalue weighted by atomic mass is 32.2. The molecule has 0 aromatic carbocycles. The van der Waals surface area contributed by atoms with Crippen LogP contribution in [-0.4, -0.2) is 74.5 Å². The van der Waals surface area contributed by atoms with Gasteiger partial charge in [-0.1, -0.05) is 0 Å². The van der Waals surface area contributed by atoms with Gasteiger partial charge in [-0.2, -0.15) is 13.2 Å². The van der Waals surface area contributed by atoms with E-state index >= 15 is 0 Å². The van der Waals surface area contributed by atoms with Crippen LogP contribution < -0.4 is 9.62 Å². The maximum absolute atomic E-state index is 12.8. The molecule has 0 atom stereocenters. The van der Waals surface area contributed by atoms with E-state index in [1.165, 1.54) is 12.6 Å². The molecule has 12 heteroatoms. The normalized spacial score (nSPS) is 25.8. The Morgan fingerprint density at radius 3 is 2.46 bits per heavy atom. The third kappa shape index (κ3) is 6.08. The van der Waals surface area contributed by atoms with Gasteiger partial charge in [-0.05, 0) is 63.6 Å². The minimum Gasteiger partial charge on any atom is -0.355 e. The minimum atomic E-state index is -4.23. The molecule has 1 saturated carbocycles. The maximum atomic E-state index is 12.8. The van der Waals surface area contributed by atoms with Crippen LogP contribution in [0.25, 0.3) is 10.2 Å². The van der Waals surface area contributed by atoms with E-state index in [0.717, 1.165) is 93.8 Å². The molecule has 5 rings (SSSR count). The summed E-state index contributed by atoms with van der Waals surface area (Å²) in [5.74, 6) is 1.38. The van der Waals surface area contributed by atoms with Crippen LogP contribution in [0.4, 0.5) is 19.0 Å². The Balaban J connectivity index is 1.11. The highest BCUT2D eigenvalue weighted by Gasteiger charge is 2.46. The monoisotopic (exact) mass is 531 g/mol. The molecule has 3 aliphatic rings. The maximum Gasteiger partial charge on any atom is 0.393 e. The predicted molar refractivity (Wildman–Crippen MR) is 131 cm³/mol. The highest BCUT2D eigenvalue weighted by Crippen LogP contribution is 2.44. The molecular weight excluding hydrogens is 499 g/mol. The Labute approximate surface area is 208 Å². The number of anilines is 1. The van der Waals surface area contributed by atoms with E-state index in [1.807, 2.05) is 0 Å². The van der Waals surface area contributed by atoms with Crippen LogP contribution in [-0.2, 0) is 16.4 Å². The van der Waals surface area contributed by atoms with Crippen LogP contribution in [0.5, 0.6) is 0 Å². The smallest absolute Gasteiger partial charge is 0.355 e. The van der Waals surface area contributed by atoms with Crippen molar-refractivity contribution in [2.24, 2.45) is 11.3 Å². The van der Waals surface area contributed by atoms with E-state index in [4.69, 9.17) is 0 Å². The molecule has 3 fully saturated rings. The topological polar surface area (TPSA) is 78.4 Å². The number of thiophene rings is 1. The molecule has 1 N–H and O–H groups in total. The molecule has 35 heavy (non-hydrogen) atoms. The summed E-state index contributed by atoms with van der Waals surface area (Å²) in [5, 5.41) is 0.727. The molecule has 0 amide bonds. The quantitative estimate of drug-likeness (QED) is 0.611. The zero-order valence-electron chi connectivity index (χ0n) is 19.9. The van der Waals surface area contributed by atoms with Crippen molar-refractivity contribution < 1.29 is 21.6 Å². The van der Waals surface area contributed by atoms with Gasteiger partial charge in [0, 0.05) is 36.0 Å². The number of rotatable bonds is 6. The van der Waals surface area contributed by atoms with Gasteiger partial charge in [-0.25, -0.2) is 23.1 Å².